The molecule has 0 aliphatic rings. The average molecular weight is 417 g/mol. The summed E-state index contributed by atoms with van der Waals surface area (Å²) in [5.41, 5.74) is 8.79. The average Bonchev–Trinajstić information content (AvgIpc) is 2.45. The van der Waals surface area contributed by atoms with Gasteiger partial charge in [-0.15, -0.1) is 24.0 Å². The van der Waals surface area contributed by atoms with Gasteiger partial charge in [0.1, 0.15) is 0 Å². The predicted octanol–water partition coefficient (Wildman–Crippen LogP) is 6.57. The lowest BCUT2D eigenvalue weighted by Crippen LogP contribution is -2.30. The number of rotatable bonds is 11. The fourth-order valence-electron chi connectivity index (χ4n) is 2.99. The third kappa shape index (κ3) is 9.14. The predicted molar refractivity (Wildman–Crippen MR) is 110 cm³/mol. The number of hydrogen-bond acceptors (Lipinski definition) is 1. The third-order valence-electron chi connectivity index (χ3n) is 4.26. The molecule has 0 saturated carbocycles. The van der Waals surface area contributed by atoms with Gasteiger partial charge < -0.3 is 5.73 Å². The van der Waals surface area contributed by atoms with Gasteiger partial charge in [0.05, 0.1) is 0 Å². The highest BCUT2D eigenvalue weighted by Gasteiger charge is 2.17. The lowest BCUT2D eigenvalue weighted by molar-refractivity contribution is 0.539. The summed E-state index contributed by atoms with van der Waals surface area (Å²) in [6, 6.07) is 8.67. The fraction of sp³-hybridized carbons (Fsp3) is 0.700. The van der Waals surface area contributed by atoms with Gasteiger partial charge in [0.15, 0.2) is 0 Å². The topological polar surface area (TPSA) is 26.0 Å². The van der Waals surface area contributed by atoms with E-state index in [0.29, 0.717) is 0 Å². The van der Waals surface area contributed by atoms with Crippen molar-refractivity contribution in [1.82, 2.24) is 0 Å². The Labute approximate surface area is 155 Å². The summed E-state index contributed by atoms with van der Waals surface area (Å²) in [6.45, 7) is 6.48. The summed E-state index contributed by atoms with van der Waals surface area (Å²) in [4.78, 5) is 0. The number of halogens is 1. The molecule has 0 spiro atoms. The quantitative estimate of drug-likeness (QED) is 0.320. The molecule has 0 amide bonds. The highest BCUT2D eigenvalue weighted by molar-refractivity contribution is 14.0. The highest BCUT2D eigenvalue weighted by Crippen LogP contribution is 2.23. The number of nitrogens with two attached hydrogens (primary N) is 1. The van der Waals surface area contributed by atoms with Crippen LogP contribution in [0.3, 0.4) is 0 Å². The first-order chi connectivity index (χ1) is 10.1. The lowest BCUT2D eigenvalue weighted by Gasteiger charge is -2.23. The molecule has 0 fully saturated rings. The maximum atomic E-state index is 6.27. The standard InChI is InChI=1S/C20H35N.HI/c1-4-5-6-7-8-9-10-11-12-15-18-16-13-14-17-19(18)20(2,3)21;/h13-14,16-17H,4-12,15,21H2,1-3H3;1H. The summed E-state index contributed by atoms with van der Waals surface area (Å²) in [5.74, 6) is 0. The van der Waals surface area contributed by atoms with Crippen molar-refractivity contribution in [3.63, 3.8) is 0 Å². The minimum absolute atomic E-state index is 0. The summed E-state index contributed by atoms with van der Waals surface area (Å²) in [6.07, 6.45) is 13.7. The van der Waals surface area contributed by atoms with Gasteiger partial charge in [-0.3, -0.25) is 0 Å². The third-order valence-corrected chi connectivity index (χ3v) is 4.26. The molecule has 0 aliphatic carbocycles. The summed E-state index contributed by atoms with van der Waals surface area (Å²) in [7, 11) is 0. The zero-order chi connectivity index (χ0) is 15.6. The smallest absolute Gasteiger partial charge is 0.0355 e. The molecule has 0 unspecified atom stereocenters. The number of unbranched alkanes of at least 4 members (excludes halogenated alkanes) is 8. The lowest BCUT2D eigenvalue weighted by atomic mass is 9.89. The van der Waals surface area contributed by atoms with Gasteiger partial charge in [-0.2, -0.15) is 0 Å². The van der Waals surface area contributed by atoms with E-state index in [-0.39, 0.29) is 29.5 Å². The van der Waals surface area contributed by atoms with Crippen LogP contribution in [0.15, 0.2) is 24.3 Å². The van der Waals surface area contributed by atoms with Crippen molar-refractivity contribution in [3.8, 4) is 0 Å². The Bertz CT molecular complexity index is 382. The Balaban J connectivity index is 0.00000441. The maximum Gasteiger partial charge on any atom is 0.0355 e. The van der Waals surface area contributed by atoms with E-state index >= 15 is 0 Å². The number of hydrogen-bond donors (Lipinski definition) is 1. The Hall–Kier alpha value is -0.0900. The first-order valence-electron chi connectivity index (χ1n) is 8.93. The first kappa shape index (κ1) is 21.9. The van der Waals surface area contributed by atoms with Crippen LogP contribution in [0.25, 0.3) is 0 Å². The summed E-state index contributed by atoms with van der Waals surface area (Å²) >= 11 is 0. The summed E-state index contributed by atoms with van der Waals surface area (Å²) < 4.78 is 0. The van der Waals surface area contributed by atoms with E-state index in [1.807, 2.05) is 0 Å². The van der Waals surface area contributed by atoms with Crippen molar-refractivity contribution in [2.45, 2.75) is 90.5 Å². The molecule has 22 heavy (non-hydrogen) atoms. The number of benzene rings is 1. The van der Waals surface area contributed by atoms with Crippen LogP contribution in [0.1, 0.15) is 89.7 Å². The normalized spacial score (nSPS) is 11.3. The van der Waals surface area contributed by atoms with Crippen molar-refractivity contribution in [2.24, 2.45) is 5.73 Å². The minimum Gasteiger partial charge on any atom is -0.322 e. The van der Waals surface area contributed by atoms with E-state index < -0.39 is 0 Å². The van der Waals surface area contributed by atoms with Gasteiger partial charge >= 0.3 is 0 Å². The van der Waals surface area contributed by atoms with Gasteiger partial charge in [0, 0.05) is 5.54 Å². The molecule has 2 N–H and O–H groups in total. The molecule has 2 heteroatoms. The second-order valence-corrected chi connectivity index (χ2v) is 6.96. The van der Waals surface area contributed by atoms with Crippen LogP contribution in [0.2, 0.25) is 0 Å². The Morgan fingerprint density at radius 3 is 1.86 bits per heavy atom. The molecule has 1 aromatic carbocycles. The first-order valence-corrected chi connectivity index (χ1v) is 8.93. The fourth-order valence-corrected chi connectivity index (χ4v) is 2.99. The Morgan fingerprint density at radius 1 is 0.818 bits per heavy atom. The molecular weight excluding hydrogens is 381 g/mol. The molecular formula is C20H36IN. The van der Waals surface area contributed by atoms with Crippen molar-refractivity contribution in [2.75, 3.05) is 0 Å². The van der Waals surface area contributed by atoms with Crippen LogP contribution in [-0.4, -0.2) is 0 Å². The zero-order valence-corrected chi connectivity index (χ0v) is 17.2. The molecule has 0 aliphatic heterocycles. The Kier molecular flexibility index (Phi) is 12.3. The molecule has 0 atom stereocenters. The van der Waals surface area contributed by atoms with Gasteiger partial charge in [0.25, 0.3) is 0 Å². The summed E-state index contributed by atoms with van der Waals surface area (Å²) in [5, 5.41) is 0. The van der Waals surface area contributed by atoms with Crippen LogP contribution in [0.5, 0.6) is 0 Å². The Morgan fingerprint density at radius 2 is 1.32 bits per heavy atom. The SMILES string of the molecule is CCCCCCCCCCCc1ccccc1C(C)(C)N.I. The van der Waals surface area contributed by atoms with E-state index in [1.54, 1.807) is 0 Å². The minimum atomic E-state index is -0.226. The zero-order valence-electron chi connectivity index (χ0n) is 14.9. The van der Waals surface area contributed by atoms with Crippen LogP contribution >= 0.6 is 24.0 Å². The van der Waals surface area contributed by atoms with E-state index in [4.69, 9.17) is 5.73 Å². The second-order valence-electron chi connectivity index (χ2n) is 6.96. The molecule has 0 saturated heterocycles. The molecule has 1 nitrogen and oxygen atoms in total. The van der Waals surface area contributed by atoms with Gasteiger partial charge in [0.2, 0.25) is 0 Å². The molecule has 0 bridgehead atoms. The van der Waals surface area contributed by atoms with E-state index in [0.717, 1.165) is 0 Å². The van der Waals surface area contributed by atoms with Crippen molar-refractivity contribution < 1.29 is 0 Å². The number of aryl methyl sites for hydroxylation is 1. The molecule has 0 heterocycles. The van der Waals surface area contributed by atoms with E-state index in [9.17, 15) is 0 Å². The van der Waals surface area contributed by atoms with Crippen LogP contribution in [0, 0.1) is 0 Å². The van der Waals surface area contributed by atoms with Gasteiger partial charge in [-0.25, -0.2) is 0 Å². The van der Waals surface area contributed by atoms with Crippen LogP contribution in [0.4, 0.5) is 0 Å². The molecule has 128 valence electrons. The van der Waals surface area contributed by atoms with Gasteiger partial charge in [-0.1, -0.05) is 82.6 Å². The molecule has 0 radical (unpaired) electrons. The van der Waals surface area contributed by atoms with Crippen LogP contribution < -0.4 is 5.73 Å². The van der Waals surface area contributed by atoms with Crippen LogP contribution in [-0.2, 0) is 12.0 Å². The van der Waals surface area contributed by atoms with Crippen molar-refractivity contribution in [1.29, 1.82) is 0 Å². The van der Waals surface area contributed by atoms with E-state index in [2.05, 4.69) is 45.0 Å². The van der Waals surface area contributed by atoms with Gasteiger partial charge in [-0.05, 0) is 37.8 Å². The molecule has 1 rings (SSSR count). The molecule has 1 aromatic rings. The van der Waals surface area contributed by atoms with Crippen molar-refractivity contribution >= 4 is 24.0 Å². The largest absolute Gasteiger partial charge is 0.322 e. The highest BCUT2D eigenvalue weighted by atomic mass is 127. The second kappa shape index (κ2) is 12.3. The maximum absolute atomic E-state index is 6.27. The van der Waals surface area contributed by atoms with Crippen molar-refractivity contribution in [3.05, 3.63) is 35.4 Å². The monoisotopic (exact) mass is 417 g/mol. The molecule has 0 aromatic heterocycles. The van der Waals surface area contributed by atoms with E-state index in [1.165, 1.54) is 75.3 Å².